The fraction of sp³-hybridized carbons (Fsp3) is 0.625. The van der Waals surface area contributed by atoms with Crippen LogP contribution >= 0.6 is 0 Å². The van der Waals surface area contributed by atoms with Crippen molar-refractivity contribution in [1.82, 2.24) is 4.90 Å². The molecule has 1 aliphatic rings. The molecule has 0 amide bonds. The van der Waals surface area contributed by atoms with Crippen LogP contribution in [-0.2, 0) is 16.4 Å². The number of rotatable bonds is 5. The second-order valence-corrected chi connectivity index (χ2v) is 8.25. The number of likely N-dealkylation sites (N-methyl/N-ethyl adjacent to an activating group) is 1. The van der Waals surface area contributed by atoms with Gasteiger partial charge in [-0.05, 0) is 18.1 Å². The van der Waals surface area contributed by atoms with Gasteiger partial charge >= 0.3 is 0 Å². The Bertz CT molecular complexity index is 571. The maximum atomic E-state index is 11.8. The van der Waals surface area contributed by atoms with Gasteiger partial charge in [0.1, 0.15) is 0 Å². The topological polar surface area (TPSA) is 40.6 Å². The Kier molecular flexibility index (Phi) is 5.27. The summed E-state index contributed by atoms with van der Waals surface area (Å²) in [5, 5.41) is 0. The zero-order valence-corrected chi connectivity index (χ0v) is 14.1. The van der Waals surface area contributed by atoms with E-state index in [2.05, 4.69) is 48.0 Å². The van der Waals surface area contributed by atoms with E-state index in [1.54, 1.807) is 6.92 Å². The highest BCUT2D eigenvalue weighted by atomic mass is 32.2. The number of hydrogen-bond donors (Lipinski definition) is 0. The van der Waals surface area contributed by atoms with Gasteiger partial charge in [0.15, 0.2) is 9.84 Å². The Balaban J connectivity index is 2.19. The molecule has 1 heterocycles. The first-order valence-electron chi connectivity index (χ1n) is 7.70. The van der Waals surface area contributed by atoms with Crippen molar-refractivity contribution in [3.8, 4) is 0 Å². The molecule has 0 radical (unpaired) electrons. The smallest absolute Gasteiger partial charge is 0.151 e. The summed E-state index contributed by atoms with van der Waals surface area (Å²) >= 11 is 0. The van der Waals surface area contributed by atoms with Crippen molar-refractivity contribution >= 4 is 15.5 Å². The van der Waals surface area contributed by atoms with Crippen LogP contribution < -0.4 is 4.90 Å². The summed E-state index contributed by atoms with van der Waals surface area (Å²) in [6, 6.07) is 8.81. The van der Waals surface area contributed by atoms with Crippen molar-refractivity contribution in [3.05, 3.63) is 29.8 Å². The molecule has 1 atom stereocenters. The van der Waals surface area contributed by atoms with E-state index in [-0.39, 0.29) is 11.5 Å². The number of para-hydroxylation sites is 1. The normalized spacial score (nSPS) is 20.1. The molecule has 0 fully saturated rings. The van der Waals surface area contributed by atoms with Crippen molar-refractivity contribution in [2.24, 2.45) is 0 Å². The lowest BCUT2D eigenvalue weighted by Crippen LogP contribution is -2.42. The van der Waals surface area contributed by atoms with Crippen molar-refractivity contribution in [1.29, 1.82) is 0 Å². The molecular weight excluding hydrogens is 284 g/mol. The van der Waals surface area contributed by atoms with Crippen LogP contribution in [0, 0.1) is 0 Å². The van der Waals surface area contributed by atoms with Gasteiger partial charge in [-0.1, -0.05) is 32.0 Å². The zero-order chi connectivity index (χ0) is 15.5. The molecule has 0 aliphatic carbocycles. The predicted molar refractivity (Wildman–Crippen MR) is 88.5 cm³/mol. The van der Waals surface area contributed by atoms with Gasteiger partial charge in [0.25, 0.3) is 0 Å². The summed E-state index contributed by atoms with van der Waals surface area (Å²) in [7, 11) is -0.790. The van der Waals surface area contributed by atoms with Crippen LogP contribution in [0.25, 0.3) is 0 Å². The molecular formula is C16H26N2O2S. The molecule has 1 aromatic carbocycles. The van der Waals surface area contributed by atoms with Gasteiger partial charge in [0, 0.05) is 44.2 Å². The minimum Gasteiger partial charge on any atom is -0.373 e. The van der Waals surface area contributed by atoms with E-state index in [1.807, 2.05) is 0 Å². The Morgan fingerprint density at radius 3 is 2.62 bits per heavy atom. The molecule has 1 aromatic rings. The summed E-state index contributed by atoms with van der Waals surface area (Å²) in [5.41, 5.74) is 2.54. The standard InChI is InChI=1S/C16H26N2O2S/c1-4-15-13-17(3)16-9-7-6-8-14(16)12-18(15)10-11-21(19,20)5-2/h6-9,15H,4-5,10-13H2,1-3H3/t15-/m1/s1. The van der Waals surface area contributed by atoms with E-state index in [4.69, 9.17) is 0 Å². The molecule has 0 bridgehead atoms. The Morgan fingerprint density at radius 1 is 1.24 bits per heavy atom. The summed E-state index contributed by atoms with van der Waals surface area (Å²) in [6.07, 6.45) is 1.03. The highest BCUT2D eigenvalue weighted by Crippen LogP contribution is 2.26. The van der Waals surface area contributed by atoms with Crippen LogP contribution in [0.5, 0.6) is 0 Å². The maximum absolute atomic E-state index is 11.8. The lowest BCUT2D eigenvalue weighted by atomic mass is 10.1. The van der Waals surface area contributed by atoms with E-state index < -0.39 is 9.84 Å². The van der Waals surface area contributed by atoms with Gasteiger partial charge in [0.2, 0.25) is 0 Å². The second kappa shape index (κ2) is 6.79. The van der Waals surface area contributed by atoms with Crippen LogP contribution in [0.2, 0.25) is 0 Å². The molecule has 0 N–H and O–H groups in total. The van der Waals surface area contributed by atoms with Crippen LogP contribution in [0.4, 0.5) is 5.69 Å². The Hall–Kier alpha value is -1.07. The third kappa shape index (κ3) is 3.98. The van der Waals surface area contributed by atoms with Crippen molar-refractivity contribution in [2.75, 3.05) is 36.5 Å². The van der Waals surface area contributed by atoms with Crippen LogP contribution in [0.1, 0.15) is 25.8 Å². The number of anilines is 1. The van der Waals surface area contributed by atoms with Gasteiger partial charge in [-0.3, -0.25) is 4.90 Å². The average molecular weight is 310 g/mol. The van der Waals surface area contributed by atoms with E-state index in [0.717, 1.165) is 19.5 Å². The molecule has 0 spiro atoms. The maximum Gasteiger partial charge on any atom is 0.151 e. The number of benzene rings is 1. The number of sulfone groups is 1. The van der Waals surface area contributed by atoms with Crippen molar-refractivity contribution in [2.45, 2.75) is 32.9 Å². The van der Waals surface area contributed by atoms with E-state index in [0.29, 0.717) is 12.6 Å². The van der Waals surface area contributed by atoms with Gasteiger partial charge in [-0.25, -0.2) is 8.42 Å². The third-order valence-electron chi connectivity index (χ3n) is 4.38. The van der Waals surface area contributed by atoms with Gasteiger partial charge in [-0.2, -0.15) is 0 Å². The minimum absolute atomic E-state index is 0.230. The molecule has 0 saturated carbocycles. The molecule has 4 nitrogen and oxygen atoms in total. The lowest BCUT2D eigenvalue weighted by Gasteiger charge is -2.30. The SMILES string of the molecule is CC[C@@H]1CN(C)c2ccccc2CN1CCS(=O)(=O)CC. The van der Waals surface area contributed by atoms with E-state index in [9.17, 15) is 8.42 Å². The van der Waals surface area contributed by atoms with Crippen LogP contribution in [-0.4, -0.2) is 51.0 Å². The van der Waals surface area contributed by atoms with Crippen LogP contribution in [0.3, 0.4) is 0 Å². The summed E-state index contributed by atoms with van der Waals surface area (Å²) in [6.45, 7) is 6.29. The van der Waals surface area contributed by atoms with Gasteiger partial charge in [0.05, 0.1) is 5.75 Å². The average Bonchev–Trinajstić information content (AvgIpc) is 2.62. The summed E-state index contributed by atoms with van der Waals surface area (Å²) in [4.78, 5) is 4.62. The number of fused-ring (bicyclic) bond motifs is 1. The number of hydrogen-bond acceptors (Lipinski definition) is 4. The molecule has 1 aliphatic heterocycles. The van der Waals surface area contributed by atoms with Crippen LogP contribution in [0.15, 0.2) is 24.3 Å². The van der Waals surface area contributed by atoms with E-state index in [1.165, 1.54) is 11.3 Å². The Labute approximate surface area is 128 Å². The zero-order valence-electron chi connectivity index (χ0n) is 13.2. The highest BCUT2D eigenvalue weighted by molar-refractivity contribution is 7.91. The fourth-order valence-electron chi connectivity index (χ4n) is 2.94. The molecule has 118 valence electrons. The quantitative estimate of drug-likeness (QED) is 0.835. The second-order valence-electron chi connectivity index (χ2n) is 5.78. The van der Waals surface area contributed by atoms with Gasteiger partial charge < -0.3 is 4.90 Å². The summed E-state index contributed by atoms with van der Waals surface area (Å²) in [5.74, 6) is 0.486. The third-order valence-corrected chi connectivity index (χ3v) is 6.06. The molecule has 0 saturated heterocycles. The first kappa shape index (κ1) is 16.3. The lowest BCUT2D eigenvalue weighted by molar-refractivity contribution is 0.202. The largest absolute Gasteiger partial charge is 0.373 e. The molecule has 5 heteroatoms. The highest BCUT2D eigenvalue weighted by Gasteiger charge is 2.25. The molecule has 21 heavy (non-hydrogen) atoms. The fourth-order valence-corrected chi connectivity index (χ4v) is 3.75. The van der Waals surface area contributed by atoms with Crippen molar-refractivity contribution in [3.63, 3.8) is 0 Å². The minimum atomic E-state index is -2.91. The molecule has 2 rings (SSSR count). The van der Waals surface area contributed by atoms with E-state index >= 15 is 0 Å². The van der Waals surface area contributed by atoms with Gasteiger partial charge in [-0.15, -0.1) is 0 Å². The monoisotopic (exact) mass is 310 g/mol. The molecule has 0 unspecified atom stereocenters. The predicted octanol–water partition coefficient (Wildman–Crippen LogP) is 2.15. The number of nitrogens with zero attached hydrogens (tertiary/aromatic N) is 2. The molecule has 0 aromatic heterocycles. The first-order valence-corrected chi connectivity index (χ1v) is 9.52. The summed E-state index contributed by atoms with van der Waals surface area (Å²) < 4.78 is 23.6. The van der Waals surface area contributed by atoms with Crippen molar-refractivity contribution < 1.29 is 8.42 Å². The Morgan fingerprint density at radius 2 is 1.95 bits per heavy atom. The first-order chi connectivity index (χ1) is 9.96.